The van der Waals surface area contributed by atoms with E-state index in [0.29, 0.717) is 0 Å². The van der Waals surface area contributed by atoms with Gasteiger partial charge in [0.05, 0.1) is 13.2 Å². The quantitative estimate of drug-likeness (QED) is 0.840. The number of aromatic nitrogens is 2. The summed E-state index contributed by atoms with van der Waals surface area (Å²) in [6.45, 7) is 0. The first-order valence-electron chi connectivity index (χ1n) is 3.35. The zero-order valence-electron chi connectivity index (χ0n) is 7.00. The molecule has 14 heavy (non-hydrogen) atoms. The monoisotopic (exact) mass is 269 g/mol. The Kier molecular flexibility index (Phi) is 3.04. The Balaban J connectivity index is 2.92. The molecule has 0 spiro atoms. The fourth-order valence-electron chi connectivity index (χ4n) is 0.696. The summed E-state index contributed by atoms with van der Waals surface area (Å²) in [5, 5.41) is -3.50. The number of anilines is 1. The molecule has 8 heteroatoms. The molecule has 1 aromatic heterocycles. The summed E-state index contributed by atoms with van der Waals surface area (Å²) in [4.78, 5) is 7.01. The van der Waals surface area contributed by atoms with Gasteiger partial charge in [-0.15, -0.1) is 0 Å². The Morgan fingerprint density at radius 2 is 2.00 bits per heavy atom. The Labute approximate surface area is 86.4 Å². The summed E-state index contributed by atoms with van der Waals surface area (Å²) in [5.74, 6) is -0.545. The molecule has 0 aromatic carbocycles. The van der Waals surface area contributed by atoms with Crippen LogP contribution in [0.5, 0.6) is 11.8 Å². The van der Waals surface area contributed by atoms with Gasteiger partial charge in [0.15, 0.2) is 0 Å². The number of alkyl halides is 3. The topological polar surface area (TPSA) is 70.3 Å². The molecule has 2 N–H and O–H groups in total. The van der Waals surface area contributed by atoms with Crippen molar-refractivity contribution in [2.45, 2.75) is 5.02 Å². The molecule has 1 rings (SSSR count). The summed E-state index contributed by atoms with van der Waals surface area (Å²) in [6, 6.07) is 1.09. The largest absolute Gasteiger partial charge is 0.481 e. The Morgan fingerprint density at radius 1 is 1.43 bits per heavy atom. The lowest BCUT2D eigenvalue weighted by atomic mass is 10.6. The Bertz CT molecular complexity index is 331. The van der Waals surface area contributed by atoms with Crippen molar-refractivity contribution in [3.8, 4) is 11.8 Å². The molecule has 0 radical (unpaired) electrons. The van der Waals surface area contributed by atoms with Gasteiger partial charge in [0.25, 0.3) is 0 Å². The normalized spacial score (nSPS) is 11.1. The molecule has 0 unspecified atom stereocenters. The number of nitrogens with zero attached hydrogens (tertiary/aromatic N) is 2. The number of rotatable bonds is 3. The highest BCUT2D eigenvalue weighted by molar-refractivity contribution is 9.09. The summed E-state index contributed by atoms with van der Waals surface area (Å²) < 4.78 is 33.4. The van der Waals surface area contributed by atoms with Gasteiger partial charge >= 0.3 is 5.02 Å². The molecule has 0 amide bonds. The van der Waals surface area contributed by atoms with Crippen LogP contribution in [-0.2, 0) is 0 Å². The molecule has 0 saturated carbocycles. The maximum Gasteiger partial charge on any atom is 0.460 e. The van der Waals surface area contributed by atoms with Crippen LogP contribution in [0, 0.1) is 0 Å². The van der Waals surface area contributed by atoms with E-state index in [1.807, 2.05) is 15.9 Å². The lowest BCUT2D eigenvalue weighted by molar-refractivity contribution is -0.0831. The van der Waals surface area contributed by atoms with Gasteiger partial charge in [0, 0.05) is 15.9 Å². The van der Waals surface area contributed by atoms with E-state index in [4.69, 9.17) is 5.73 Å². The van der Waals surface area contributed by atoms with Crippen molar-refractivity contribution in [3.63, 3.8) is 0 Å². The average molecular weight is 270 g/mol. The molecule has 0 saturated heterocycles. The predicted octanol–water partition coefficient (Wildman–Crippen LogP) is 1.39. The van der Waals surface area contributed by atoms with Crippen LogP contribution in [-0.4, -0.2) is 22.1 Å². The molecule has 0 bridgehead atoms. The Hall–Kier alpha value is -1.18. The zero-order valence-corrected chi connectivity index (χ0v) is 8.59. The SMILES string of the molecule is COc1cc(OC(F)(F)Br)nc(N)n1. The molecule has 0 atom stereocenters. The van der Waals surface area contributed by atoms with Crippen LogP contribution in [0.15, 0.2) is 6.07 Å². The van der Waals surface area contributed by atoms with Crippen molar-refractivity contribution in [2.24, 2.45) is 0 Å². The highest BCUT2D eigenvalue weighted by atomic mass is 79.9. The van der Waals surface area contributed by atoms with Crippen LogP contribution in [0.1, 0.15) is 0 Å². The maximum absolute atomic E-state index is 12.3. The second-order valence-electron chi connectivity index (χ2n) is 2.15. The van der Waals surface area contributed by atoms with Crippen molar-refractivity contribution >= 4 is 21.9 Å². The van der Waals surface area contributed by atoms with Crippen LogP contribution in [0.3, 0.4) is 0 Å². The number of hydrogen-bond acceptors (Lipinski definition) is 5. The predicted molar refractivity (Wildman–Crippen MR) is 47.5 cm³/mol. The number of nitrogen functional groups attached to an aromatic ring is 1. The highest BCUT2D eigenvalue weighted by Gasteiger charge is 2.27. The van der Waals surface area contributed by atoms with Crippen molar-refractivity contribution in [3.05, 3.63) is 6.07 Å². The van der Waals surface area contributed by atoms with E-state index in [-0.39, 0.29) is 17.7 Å². The van der Waals surface area contributed by atoms with Crippen LogP contribution < -0.4 is 15.2 Å². The van der Waals surface area contributed by atoms with E-state index in [0.717, 1.165) is 6.07 Å². The lowest BCUT2D eigenvalue weighted by Crippen LogP contribution is -2.16. The molecule has 5 nitrogen and oxygen atoms in total. The van der Waals surface area contributed by atoms with Gasteiger partial charge < -0.3 is 15.2 Å². The minimum absolute atomic E-state index is 0.0456. The van der Waals surface area contributed by atoms with Gasteiger partial charge in [-0.25, -0.2) is 0 Å². The first-order valence-corrected chi connectivity index (χ1v) is 4.14. The zero-order chi connectivity index (χ0) is 10.8. The second-order valence-corrected chi connectivity index (χ2v) is 3.08. The summed E-state index contributed by atoms with van der Waals surface area (Å²) in [7, 11) is 1.32. The molecular formula is C6H6BrF2N3O2. The maximum atomic E-state index is 12.3. The van der Waals surface area contributed by atoms with E-state index >= 15 is 0 Å². The van der Waals surface area contributed by atoms with E-state index < -0.39 is 5.02 Å². The second kappa shape index (κ2) is 3.91. The fraction of sp³-hybridized carbons (Fsp3) is 0.333. The summed E-state index contributed by atoms with van der Waals surface area (Å²) >= 11 is 1.99. The molecule has 78 valence electrons. The van der Waals surface area contributed by atoms with Gasteiger partial charge in [-0.1, -0.05) is 0 Å². The smallest absolute Gasteiger partial charge is 0.460 e. The van der Waals surface area contributed by atoms with Crippen LogP contribution in [0.25, 0.3) is 0 Å². The third kappa shape index (κ3) is 3.29. The van der Waals surface area contributed by atoms with E-state index in [9.17, 15) is 8.78 Å². The molecule has 1 heterocycles. The van der Waals surface area contributed by atoms with Gasteiger partial charge in [0.2, 0.25) is 17.7 Å². The molecule has 0 aliphatic rings. The number of ether oxygens (including phenoxy) is 2. The minimum Gasteiger partial charge on any atom is -0.481 e. The number of nitrogens with two attached hydrogens (primary N) is 1. The van der Waals surface area contributed by atoms with E-state index in [1.165, 1.54) is 7.11 Å². The van der Waals surface area contributed by atoms with E-state index in [2.05, 4.69) is 19.4 Å². The minimum atomic E-state index is -3.50. The van der Waals surface area contributed by atoms with Crippen molar-refractivity contribution in [1.82, 2.24) is 9.97 Å². The Morgan fingerprint density at radius 3 is 2.50 bits per heavy atom. The number of halogens is 3. The standard InChI is InChI=1S/C6H6BrF2N3O2/c1-13-3-2-4(12-5(10)11-3)14-6(7,8)9/h2H,1H3,(H2,10,11,12). The fourth-order valence-corrected chi connectivity index (χ4v) is 0.862. The summed E-state index contributed by atoms with van der Waals surface area (Å²) in [6.07, 6.45) is 0. The van der Waals surface area contributed by atoms with Crippen molar-refractivity contribution in [1.29, 1.82) is 0 Å². The van der Waals surface area contributed by atoms with Crippen LogP contribution >= 0.6 is 15.9 Å². The van der Waals surface area contributed by atoms with Crippen LogP contribution in [0.2, 0.25) is 0 Å². The van der Waals surface area contributed by atoms with Gasteiger partial charge in [0.1, 0.15) is 0 Å². The average Bonchev–Trinajstić information content (AvgIpc) is 1.99. The number of methoxy groups -OCH3 is 1. The summed E-state index contributed by atoms with van der Waals surface area (Å²) in [5.41, 5.74) is 5.21. The third-order valence-corrected chi connectivity index (χ3v) is 1.29. The first-order chi connectivity index (χ1) is 6.40. The molecule has 0 fully saturated rings. The third-order valence-electron chi connectivity index (χ3n) is 1.13. The number of hydrogen-bond donors (Lipinski definition) is 1. The lowest BCUT2D eigenvalue weighted by Gasteiger charge is -2.10. The molecule has 0 aliphatic carbocycles. The van der Waals surface area contributed by atoms with Crippen molar-refractivity contribution in [2.75, 3.05) is 12.8 Å². The molecular weight excluding hydrogens is 264 g/mol. The van der Waals surface area contributed by atoms with E-state index in [1.54, 1.807) is 0 Å². The van der Waals surface area contributed by atoms with Crippen LogP contribution in [0.4, 0.5) is 14.7 Å². The molecule has 0 aliphatic heterocycles. The van der Waals surface area contributed by atoms with Gasteiger partial charge in [-0.3, -0.25) is 0 Å². The molecule has 1 aromatic rings. The first kappa shape index (κ1) is 10.9. The van der Waals surface area contributed by atoms with Crippen molar-refractivity contribution < 1.29 is 18.3 Å². The van der Waals surface area contributed by atoms with Gasteiger partial charge in [-0.05, 0) is 0 Å². The highest BCUT2D eigenvalue weighted by Crippen LogP contribution is 2.27. The van der Waals surface area contributed by atoms with Gasteiger partial charge in [-0.2, -0.15) is 18.7 Å².